The summed E-state index contributed by atoms with van der Waals surface area (Å²) in [5.74, 6) is 1.06. The number of nitrogens with one attached hydrogen (secondary N) is 2. The molecule has 3 N–H and O–H groups in total. The Labute approximate surface area is 151 Å². The van der Waals surface area contributed by atoms with Crippen molar-refractivity contribution in [1.82, 2.24) is 10.3 Å². The fraction of sp³-hybridized carbons (Fsp3) is 0.333. The van der Waals surface area contributed by atoms with Gasteiger partial charge in [0, 0.05) is 24.1 Å². The molecule has 1 aliphatic heterocycles. The van der Waals surface area contributed by atoms with E-state index in [2.05, 4.69) is 15.6 Å². The van der Waals surface area contributed by atoms with Gasteiger partial charge in [-0.1, -0.05) is 29.8 Å². The van der Waals surface area contributed by atoms with Gasteiger partial charge in [0.05, 0.1) is 23.8 Å². The topological polar surface area (TPSA) is 83.5 Å². The molecule has 7 heteroatoms. The minimum Gasteiger partial charge on any atom is -0.492 e. The van der Waals surface area contributed by atoms with Crippen LogP contribution in [0.4, 0.5) is 10.6 Å². The predicted molar refractivity (Wildman–Crippen MR) is 96.1 cm³/mol. The van der Waals surface area contributed by atoms with Crippen LogP contribution >= 0.6 is 11.6 Å². The second-order valence-electron chi connectivity index (χ2n) is 6.01. The minimum atomic E-state index is -0.486. The maximum atomic E-state index is 12.3. The lowest BCUT2D eigenvalue weighted by atomic mass is 10.0. The molecule has 1 aromatic heterocycles. The highest BCUT2D eigenvalue weighted by Gasteiger charge is 2.24. The molecule has 0 saturated carbocycles. The van der Waals surface area contributed by atoms with E-state index in [0.29, 0.717) is 36.0 Å². The summed E-state index contributed by atoms with van der Waals surface area (Å²) in [6, 6.07) is 10.3. The van der Waals surface area contributed by atoms with Crippen LogP contribution in [0.3, 0.4) is 0 Å². The predicted octanol–water partition coefficient (Wildman–Crippen LogP) is 3.30. The van der Waals surface area contributed by atoms with E-state index in [9.17, 15) is 9.90 Å². The standard InChI is InChI=1S/C18H20ClN3O3/c1-11(23)10-12-4-2-7-16(20-12)22-18(24)21-15-8-9-25-17-13(15)5-3-6-14(17)19/h2-7,11,15,23H,8-10H2,1H3,(H2,20,21,22,24)/t11-,15+/m1/s1. The molecule has 6 nitrogen and oxygen atoms in total. The molecular formula is C18H20ClN3O3. The smallest absolute Gasteiger partial charge is 0.320 e. The molecular weight excluding hydrogens is 342 g/mol. The largest absolute Gasteiger partial charge is 0.492 e. The summed E-state index contributed by atoms with van der Waals surface area (Å²) in [7, 11) is 0. The number of aliphatic hydroxyl groups excluding tert-OH is 1. The summed E-state index contributed by atoms with van der Waals surface area (Å²) in [5, 5.41) is 15.7. The number of carbonyl (C=O) groups is 1. The normalized spacial score (nSPS) is 17.2. The number of fused-ring (bicyclic) bond motifs is 1. The van der Waals surface area contributed by atoms with Crippen molar-refractivity contribution in [3.05, 3.63) is 52.7 Å². The molecule has 2 atom stereocenters. The van der Waals surface area contributed by atoms with E-state index >= 15 is 0 Å². The zero-order valence-electron chi connectivity index (χ0n) is 13.8. The van der Waals surface area contributed by atoms with Crippen LogP contribution in [0.15, 0.2) is 36.4 Å². The second kappa shape index (κ2) is 7.72. The molecule has 0 radical (unpaired) electrons. The second-order valence-corrected chi connectivity index (χ2v) is 6.42. The van der Waals surface area contributed by atoms with Crippen LogP contribution in [0.2, 0.25) is 5.02 Å². The maximum Gasteiger partial charge on any atom is 0.320 e. The van der Waals surface area contributed by atoms with Gasteiger partial charge in [-0.05, 0) is 25.1 Å². The SMILES string of the molecule is C[C@@H](O)Cc1cccc(NC(=O)N[C@H]2CCOc3c(Cl)cccc32)n1. The molecule has 0 fully saturated rings. The van der Waals surface area contributed by atoms with Crippen LogP contribution in [0.25, 0.3) is 0 Å². The van der Waals surface area contributed by atoms with Gasteiger partial charge in [-0.3, -0.25) is 5.32 Å². The van der Waals surface area contributed by atoms with Crippen molar-refractivity contribution < 1.29 is 14.6 Å². The van der Waals surface area contributed by atoms with E-state index in [1.54, 1.807) is 25.1 Å². The van der Waals surface area contributed by atoms with Crippen molar-refractivity contribution in [2.75, 3.05) is 11.9 Å². The number of rotatable bonds is 4. The molecule has 1 aromatic carbocycles. The number of halogens is 1. The van der Waals surface area contributed by atoms with E-state index in [4.69, 9.17) is 16.3 Å². The minimum absolute atomic E-state index is 0.178. The lowest BCUT2D eigenvalue weighted by molar-refractivity contribution is 0.194. The number of urea groups is 1. The van der Waals surface area contributed by atoms with E-state index in [1.807, 2.05) is 18.2 Å². The zero-order chi connectivity index (χ0) is 17.8. The number of hydrogen-bond donors (Lipinski definition) is 3. The number of benzene rings is 1. The Morgan fingerprint density at radius 2 is 2.20 bits per heavy atom. The molecule has 2 aromatic rings. The molecule has 2 heterocycles. The van der Waals surface area contributed by atoms with E-state index in [0.717, 1.165) is 11.3 Å². The fourth-order valence-corrected chi connectivity index (χ4v) is 3.05. The Hall–Kier alpha value is -2.31. The Bertz CT molecular complexity index is 767. The van der Waals surface area contributed by atoms with Gasteiger partial charge < -0.3 is 15.2 Å². The number of ether oxygens (including phenoxy) is 1. The lowest BCUT2D eigenvalue weighted by Crippen LogP contribution is -2.35. The van der Waals surface area contributed by atoms with Gasteiger partial charge in [0.1, 0.15) is 11.6 Å². The third kappa shape index (κ3) is 4.41. The average Bonchev–Trinajstić information content (AvgIpc) is 2.55. The number of para-hydroxylation sites is 1. The van der Waals surface area contributed by atoms with E-state index in [-0.39, 0.29) is 12.1 Å². The third-order valence-corrected chi connectivity index (χ3v) is 4.18. The first-order valence-corrected chi connectivity index (χ1v) is 8.53. The number of aromatic nitrogens is 1. The summed E-state index contributed by atoms with van der Waals surface area (Å²) < 4.78 is 5.60. The number of aliphatic hydroxyl groups is 1. The van der Waals surface area contributed by atoms with Gasteiger partial charge >= 0.3 is 6.03 Å². The molecule has 0 saturated heterocycles. The van der Waals surface area contributed by atoms with Crippen LogP contribution in [-0.2, 0) is 6.42 Å². The zero-order valence-corrected chi connectivity index (χ0v) is 14.6. The van der Waals surface area contributed by atoms with E-state index in [1.165, 1.54) is 0 Å². The number of anilines is 1. The van der Waals surface area contributed by atoms with Crippen molar-refractivity contribution in [3.63, 3.8) is 0 Å². The van der Waals surface area contributed by atoms with Crippen molar-refractivity contribution in [2.24, 2.45) is 0 Å². The Kier molecular flexibility index (Phi) is 5.40. The van der Waals surface area contributed by atoms with Gasteiger partial charge in [0.15, 0.2) is 0 Å². The molecule has 25 heavy (non-hydrogen) atoms. The Morgan fingerprint density at radius 1 is 1.40 bits per heavy atom. The van der Waals surface area contributed by atoms with Crippen molar-refractivity contribution >= 4 is 23.4 Å². The van der Waals surface area contributed by atoms with Crippen LogP contribution in [0.1, 0.15) is 30.6 Å². The number of carbonyl (C=O) groups excluding carboxylic acids is 1. The summed E-state index contributed by atoms with van der Waals surface area (Å²) in [6.07, 6.45) is 0.610. The van der Waals surface area contributed by atoms with Crippen LogP contribution < -0.4 is 15.4 Å². The van der Waals surface area contributed by atoms with Crippen molar-refractivity contribution in [1.29, 1.82) is 0 Å². The first kappa shape index (κ1) is 17.5. The molecule has 132 valence electrons. The van der Waals surface area contributed by atoms with Gasteiger partial charge in [-0.25, -0.2) is 9.78 Å². The molecule has 1 aliphatic rings. The van der Waals surface area contributed by atoms with E-state index < -0.39 is 6.10 Å². The van der Waals surface area contributed by atoms with Gasteiger partial charge in [-0.2, -0.15) is 0 Å². The highest BCUT2D eigenvalue weighted by molar-refractivity contribution is 6.32. The van der Waals surface area contributed by atoms with Gasteiger partial charge in [-0.15, -0.1) is 0 Å². The summed E-state index contributed by atoms with van der Waals surface area (Å²) in [6.45, 7) is 2.19. The van der Waals surface area contributed by atoms with Crippen LogP contribution in [0, 0.1) is 0 Å². The van der Waals surface area contributed by atoms with Crippen molar-refractivity contribution in [3.8, 4) is 5.75 Å². The highest BCUT2D eigenvalue weighted by atomic mass is 35.5. The lowest BCUT2D eigenvalue weighted by Gasteiger charge is -2.27. The third-order valence-electron chi connectivity index (χ3n) is 3.88. The molecule has 0 aliphatic carbocycles. The number of pyridine rings is 1. The van der Waals surface area contributed by atoms with Gasteiger partial charge in [0.2, 0.25) is 0 Å². The summed E-state index contributed by atoms with van der Waals surface area (Å²) in [4.78, 5) is 16.7. The summed E-state index contributed by atoms with van der Waals surface area (Å²) >= 11 is 6.15. The van der Waals surface area contributed by atoms with Crippen LogP contribution in [-0.4, -0.2) is 28.8 Å². The maximum absolute atomic E-state index is 12.3. The quantitative estimate of drug-likeness (QED) is 0.780. The fourth-order valence-electron chi connectivity index (χ4n) is 2.81. The first-order valence-electron chi connectivity index (χ1n) is 8.15. The van der Waals surface area contributed by atoms with Crippen LogP contribution in [0.5, 0.6) is 5.75 Å². The molecule has 3 rings (SSSR count). The Balaban J connectivity index is 1.67. The molecule has 2 amide bonds. The number of amides is 2. The monoisotopic (exact) mass is 361 g/mol. The number of nitrogens with zero attached hydrogens (tertiary/aromatic N) is 1. The van der Waals surface area contributed by atoms with Crippen molar-refractivity contribution in [2.45, 2.75) is 31.9 Å². The molecule has 0 bridgehead atoms. The molecule has 0 unspecified atom stereocenters. The van der Waals surface area contributed by atoms with Gasteiger partial charge in [0.25, 0.3) is 0 Å². The number of hydrogen-bond acceptors (Lipinski definition) is 4. The molecule has 0 spiro atoms. The highest BCUT2D eigenvalue weighted by Crippen LogP contribution is 2.37. The average molecular weight is 362 g/mol. The Morgan fingerprint density at radius 3 is 3.00 bits per heavy atom. The first-order chi connectivity index (χ1) is 12.0. The summed E-state index contributed by atoms with van der Waals surface area (Å²) in [5.41, 5.74) is 1.58.